The fourth-order valence-electron chi connectivity index (χ4n) is 0.923. The van der Waals surface area contributed by atoms with Crippen LogP contribution in [0.15, 0.2) is 12.3 Å². The molecule has 0 atom stereocenters. The van der Waals surface area contributed by atoms with E-state index in [9.17, 15) is 4.79 Å². The number of hydrogen-bond donors (Lipinski definition) is 0. The minimum absolute atomic E-state index is 0.0805. The zero-order chi connectivity index (χ0) is 10.0. The zero-order valence-corrected chi connectivity index (χ0v) is 8.86. The molecule has 0 fully saturated rings. The number of Topliss-reactive ketones (excluding diaryl/α,β-unsaturated/α-hetero) is 1. The molecule has 13 heavy (non-hydrogen) atoms. The molecular formula is C9H9Cl2NO. The minimum Gasteiger partial charge on any atom is -0.294 e. The minimum atomic E-state index is -0.126. The lowest BCUT2D eigenvalue weighted by molar-refractivity contribution is 0.0939. The van der Waals surface area contributed by atoms with Crippen LogP contribution in [-0.4, -0.2) is 10.8 Å². The van der Waals surface area contributed by atoms with Crippen molar-refractivity contribution in [3.63, 3.8) is 0 Å². The molecule has 2 nitrogen and oxygen atoms in total. The van der Waals surface area contributed by atoms with E-state index in [4.69, 9.17) is 23.2 Å². The first-order valence-electron chi connectivity index (χ1n) is 3.88. The third-order valence-corrected chi connectivity index (χ3v) is 2.23. The van der Waals surface area contributed by atoms with Gasteiger partial charge in [-0.2, -0.15) is 0 Å². The number of aromatic nitrogens is 1. The molecule has 0 unspecified atom stereocenters. The summed E-state index contributed by atoms with van der Waals surface area (Å²) in [6.45, 7) is 3.59. The van der Waals surface area contributed by atoms with E-state index in [1.165, 1.54) is 6.20 Å². The molecule has 1 heterocycles. The largest absolute Gasteiger partial charge is 0.294 e. The maximum absolute atomic E-state index is 11.6. The van der Waals surface area contributed by atoms with E-state index in [1.54, 1.807) is 19.9 Å². The van der Waals surface area contributed by atoms with Crippen LogP contribution < -0.4 is 0 Å². The molecule has 1 aromatic heterocycles. The zero-order valence-electron chi connectivity index (χ0n) is 7.34. The molecule has 0 radical (unpaired) electrons. The van der Waals surface area contributed by atoms with Crippen molar-refractivity contribution in [2.24, 2.45) is 5.92 Å². The number of rotatable bonds is 2. The Morgan fingerprint density at radius 1 is 1.46 bits per heavy atom. The van der Waals surface area contributed by atoms with Gasteiger partial charge >= 0.3 is 0 Å². The summed E-state index contributed by atoms with van der Waals surface area (Å²) in [6, 6.07) is 1.56. The average Bonchev–Trinajstić information content (AvgIpc) is 2.03. The van der Waals surface area contributed by atoms with Gasteiger partial charge in [-0.25, -0.2) is 4.98 Å². The van der Waals surface area contributed by atoms with E-state index in [0.717, 1.165) is 0 Å². The van der Waals surface area contributed by atoms with Gasteiger partial charge in [0.1, 0.15) is 5.15 Å². The molecule has 4 heteroatoms. The van der Waals surface area contributed by atoms with E-state index >= 15 is 0 Å². The molecule has 0 aliphatic heterocycles. The van der Waals surface area contributed by atoms with Gasteiger partial charge in [0.15, 0.2) is 5.78 Å². The Morgan fingerprint density at radius 2 is 2.08 bits per heavy atom. The molecule has 0 spiro atoms. The van der Waals surface area contributed by atoms with Gasteiger partial charge in [-0.05, 0) is 6.07 Å². The van der Waals surface area contributed by atoms with Crippen molar-refractivity contribution in [1.82, 2.24) is 4.98 Å². The van der Waals surface area contributed by atoms with Gasteiger partial charge in [0.25, 0.3) is 0 Å². The number of ketones is 1. The first kappa shape index (κ1) is 10.5. The van der Waals surface area contributed by atoms with Gasteiger partial charge in [0.2, 0.25) is 0 Å². The molecule has 1 aromatic rings. The monoisotopic (exact) mass is 217 g/mol. The van der Waals surface area contributed by atoms with Crippen LogP contribution in [0.1, 0.15) is 24.2 Å². The second-order valence-corrected chi connectivity index (χ2v) is 3.74. The van der Waals surface area contributed by atoms with Crippen LogP contribution in [0.5, 0.6) is 0 Å². The second-order valence-electron chi connectivity index (χ2n) is 2.98. The molecule has 0 N–H and O–H groups in total. The molecule has 0 amide bonds. The Kier molecular flexibility index (Phi) is 3.28. The first-order valence-corrected chi connectivity index (χ1v) is 4.64. The van der Waals surface area contributed by atoms with Gasteiger partial charge in [-0.3, -0.25) is 4.79 Å². The molecule has 0 aliphatic rings. The summed E-state index contributed by atoms with van der Waals surface area (Å²) in [5, 5.41) is 0.532. The van der Waals surface area contributed by atoms with Crippen LogP contribution in [0, 0.1) is 5.92 Å². The quantitative estimate of drug-likeness (QED) is 0.563. The highest BCUT2D eigenvalue weighted by molar-refractivity contribution is 6.39. The number of carbonyl (C=O) groups excluding carboxylic acids is 1. The molecule has 0 aromatic carbocycles. The van der Waals surface area contributed by atoms with E-state index < -0.39 is 0 Å². The molecular weight excluding hydrogens is 209 g/mol. The van der Waals surface area contributed by atoms with E-state index in [-0.39, 0.29) is 16.9 Å². The summed E-state index contributed by atoms with van der Waals surface area (Å²) in [7, 11) is 0. The highest BCUT2D eigenvalue weighted by atomic mass is 35.5. The normalized spacial score (nSPS) is 10.5. The number of carbonyl (C=O) groups is 1. The Labute approximate surface area is 86.9 Å². The number of halogens is 2. The first-order chi connectivity index (χ1) is 6.04. The van der Waals surface area contributed by atoms with Crippen LogP contribution in [0.4, 0.5) is 0 Å². The maximum Gasteiger partial charge on any atom is 0.169 e. The molecule has 1 rings (SSSR count). The fourth-order valence-corrected chi connectivity index (χ4v) is 1.46. The Hall–Kier alpha value is -0.600. The van der Waals surface area contributed by atoms with Crippen molar-refractivity contribution >= 4 is 29.0 Å². The molecule has 0 aliphatic carbocycles. The van der Waals surface area contributed by atoms with Gasteiger partial charge in [0, 0.05) is 12.1 Å². The lowest BCUT2D eigenvalue weighted by atomic mass is 10.0. The fraction of sp³-hybridized carbons (Fsp3) is 0.333. The van der Waals surface area contributed by atoms with E-state index in [1.807, 2.05) is 0 Å². The number of nitrogens with zero attached hydrogens (tertiary/aromatic N) is 1. The van der Waals surface area contributed by atoms with E-state index in [0.29, 0.717) is 10.6 Å². The summed E-state index contributed by atoms with van der Waals surface area (Å²) in [5.41, 5.74) is 0.320. The standard InChI is InChI=1S/C9H9Cl2NO/c1-5(2)8(13)7-6(10)3-4-12-9(7)11/h3-5H,1-2H3. The number of hydrogen-bond acceptors (Lipinski definition) is 2. The lowest BCUT2D eigenvalue weighted by Gasteiger charge is -2.06. The van der Waals surface area contributed by atoms with Gasteiger partial charge in [0.05, 0.1) is 10.6 Å². The summed E-state index contributed by atoms with van der Waals surface area (Å²) in [4.78, 5) is 15.4. The molecule has 70 valence electrons. The Bertz CT molecular complexity index is 316. The maximum atomic E-state index is 11.6. The molecule has 0 saturated carbocycles. The third-order valence-electron chi connectivity index (χ3n) is 1.62. The summed E-state index contributed by atoms with van der Waals surface area (Å²) < 4.78 is 0. The average molecular weight is 218 g/mol. The van der Waals surface area contributed by atoms with Gasteiger partial charge in [-0.1, -0.05) is 37.0 Å². The van der Waals surface area contributed by atoms with Gasteiger partial charge in [-0.15, -0.1) is 0 Å². The highest BCUT2D eigenvalue weighted by Gasteiger charge is 2.17. The van der Waals surface area contributed by atoms with E-state index in [2.05, 4.69) is 4.98 Å². The van der Waals surface area contributed by atoms with Crippen LogP contribution in [-0.2, 0) is 0 Å². The van der Waals surface area contributed by atoms with Crippen molar-refractivity contribution in [2.75, 3.05) is 0 Å². The molecule has 0 bridgehead atoms. The third kappa shape index (κ3) is 2.20. The Morgan fingerprint density at radius 3 is 2.54 bits per heavy atom. The highest BCUT2D eigenvalue weighted by Crippen LogP contribution is 2.24. The Balaban J connectivity index is 3.20. The van der Waals surface area contributed by atoms with Crippen LogP contribution in [0.25, 0.3) is 0 Å². The van der Waals surface area contributed by atoms with Crippen LogP contribution >= 0.6 is 23.2 Å². The van der Waals surface area contributed by atoms with Crippen LogP contribution in [0.3, 0.4) is 0 Å². The SMILES string of the molecule is CC(C)C(=O)c1c(Cl)ccnc1Cl. The van der Waals surface area contributed by atoms with Crippen molar-refractivity contribution in [3.8, 4) is 0 Å². The number of pyridine rings is 1. The van der Waals surface area contributed by atoms with Crippen molar-refractivity contribution in [2.45, 2.75) is 13.8 Å². The van der Waals surface area contributed by atoms with Crippen molar-refractivity contribution in [1.29, 1.82) is 0 Å². The van der Waals surface area contributed by atoms with Crippen molar-refractivity contribution < 1.29 is 4.79 Å². The summed E-state index contributed by atoms with van der Waals surface area (Å²) in [6.07, 6.45) is 1.47. The topological polar surface area (TPSA) is 30.0 Å². The lowest BCUT2D eigenvalue weighted by Crippen LogP contribution is -2.09. The van der Waals surface area contributed by atoms with Gasteiger partial charge < -0.3 is 0 Å². The second kappa shape index (κ2) is 4.07. The smallest absolute Gasteiger partial charge is 0.169 e. The summed E-state index contributed by atoms with van der Waals surface area (Å²) >= 11 is 11.6. The predicted molar refractivity (Wildman–Crippen MR) is 53.4 cm³/mol. The summed E-state index contributed by atoms with van der Waals surface area (Å²) in [5.74, 6) is -0.206. The predicted octanol–water partition coefficient (Wildman–Crippen LogP) is 3.23. The van der Waals surface area contributed by atoms with Crippen LogP contribution in [0.2, 0.25) is 10.2 Å². The molecule has 0 saturated heterocycles. The van der Waals surface area contributed by atoms with Crippen molar-refractivity contribution in [3.05, 3.63) is 28.0 Å².